The number of hydrogen-bond acceptors (Lipinski definition) is 1. The van der Waals surface area contributed by atoms with E-state index < -0.39 is 5.41 Å². The molecule has 1 aliphatic heterocycles. The first-order valence-corrected chi connectivity index (χ1v) is 10.6. The van der Waals surface area contributed by atoms with Gasteiger partial charge >= 0.3 is 0 Å². The van der Waals surface area contributed by atoms with Crippen LogP contribution in [0.4, 0.5) is 0 Å². The molecule has 0 aliphatic carbocycles. The van der Waals surface area contributed by atoms with Crippen LogP contribution in [-0.4, -0.2) is 23.4 Å². The molecule has 2 nitrogen and oxygen atoms in total. The maximum atomic E-state index is 14.2. The van der Waals surface area contributed by atoms with Crippen LogP contribution in [0.3, 0.4) is 0 Å². The van der Waals surface area contributed by atoms with Crippen molar-refractivity contribution in [3.8, 4) is 0 Å². The van der Waals surface area contributed by atoms with Crippen molar-refractivity contribution in [1.29, 1.82) is 0 Å². The Balaban J connectivity index is 2.12. The highest BCUT2D eigenvalue weighted by Gasteiger charge is 2.47. The van der Waals surface area contributed by atoms with Gasteiger partial charge in [-0.2, -0.15) is 0 Å². The highest BCUT2D eigenvalue weighted by atomic mass is 16.2. The van der Waals surface area contributed by atoms with E-state index in [-0.39, 0.29) is 5.91 Å². The molecular formula is C25H33NO. The van der Waals surface area contributed by atoms with E-state index in [1.807, 2.05) is 12.1 Å². The van der Waals surface area contributed by atoms with E-state index in [9.17, 15) is 4.79 Å². The molecule has 2 aromatic carbocycles. The number of rotatable bonds is 7. The topological polar surface area (TPSA) is 20.3 Å². The second-order valence-electron chi connectivity index (χ2n) is 7.94. The predicted molar refractivity (Wildman–Crippen MR) is 113 cm³/mol. The van der Waals surface area contributed by atoms with Crippen LogP contribution in [0, 0.1) is 5.92 Å². The fourth-order valence-corrected chi connectivity index (χ4v) is 4.78. The van der Waals surface area contributed by atoms with Crippen molar-refractivity contribution in [1.82, 2.24) is 4.90 Å². The molecule has 1 saturated heterocycles. The van der Waals surface area contributed by atoms with Crippen molar-refractivity contribution in [3.63, 3.8) is 0 Å². The predicted octanol–water partition coefficient (Wildman–Crippen LogP) is 5.81. The van der Waals surface area contributed by atoms with Crippen LogP contribution in [0.5, 0.6) is 0 Å². The minimum Gasteiger partial charge on any atom is -0.339 e. The van der Waals surface area contributed by atoms with Gasteiger partial charge in [-0.15, -0.1) is 0 Å². The van der Waals surface area contributed by atoms with Gasteiger partial charge in [0.05, 0.1) is 5.41 Å². The SMILES string of the molecule is CCCCC(C(=O)N1CCC(CC)C1C)(c1ccccc1)c1ccccc1. The Morgan fingerprint density at radius 2 is 1.56 bits per heavy atom. The summed E-state index contributed by atoms with van der Waals surface area (Å²) in [6, 6.07) is 21.2. The molecule has 27 heavy (non-hydrogen) atoms. The third kappa shape index (κ3) is 3.67. The van der Waals surface area contributed by atoms with Gasteiger partial charge in [0.15, 0.2) is 0 Å². The quantitative estimate of drug-likeness (QED) is 0.608. The Bertz CT molecular complexity index is 685. The van der Waals surface area contributed by atoms with Crippen molar-refractivity contribution in [2.75, 3.05) is 6.54 Å². The Morgan fingerprint density at radius 1 is 1.00 bits per heavy atom. The van der Waals surface area contributed by atoms with E-state index in [1.165, 1.54) is 0 Å². The fraction of sp³-hybridized carbons (Fsp3) is 0.480. The van der Waals surface area contributed by atoms with Crippen molar-refractivity contribution >= 4 is 5.91 Å². The van der Waals surface area contributed by atoms with Crippen LogP contribution >= 0.6 is 0 Å². The number of hydrogen-bond donors (Lipinski definition) is 0. The smallest absolute Gasteiger partial charge is 0.237 e. The van der Waals surface area contributed by atoms with Crippen LogP contribution in [-0.2, 0) is 10.2 Å². The molecule has 2 aromatic rings. The number of carbonyl (C=O) groups is 1. The number of unbranched alkanes of at least 4 members (excludes halogenated alkanes) is 1. The first-order chi connectivity index (χ1) is 13.1. The summed E-state index contributed by atoms with van der Waals surface area (Å²) in [5, 5.41) is 0. The minimum atomic E-state index is -0.588. The van der Waals surface area contributed by atoms with Gasteiger partial charge in [0.25, 0.3) is 0 Å². The number of benzene rings is 2. The lowest BCUT2D eigenvalue weighted by Gasteiger charge is -2.39. The van der Waals surface area contributed by atoms with Gasteiger partial charge in [-0.3, -0.25) is 4.79 Å². The largest absolute Gasteiger partial charge is 0.339 e. The van der Waals surface area contributed by atoms with E-state index in [4.69, 9.17) is 0 Å². The molecule has 0 radical (unpaired) electrons. The molecule has 0 saturated carbocycles. The van der Waals surface area contributed by atoms with E-state index in [2.05, 4.69) is 74.2 Å². The molecule has 0 aromatic heterocycles. The maximum Gasteiger partial charge on any atom is 0.237 e. The monoisotopic (exact) mass is 363 g/mol. The van der Waals surface area contributed by atoms with Gasteiger partial charge in [0.2, 0.25) is 5.91 Å². The Kier molecular flexibility index (Phi) is 6.36. The van der Waals surface area contributed by atoms with E-state index >= 15 is 0 Å². The Labute approximate surface area is 164 Å². The lowest BCUT2D eigenvalue weighted by atomic mass is 9.69. The molecule has 0 N–H and O–H groups in total. The number of likely N-dealkylation sites (tertiary alicyclic amines) is 1. The summed E-state index contributed by atoms with van der Waals surface area (Å²) in [4.78, 5) is 16.3. The first kappa shape index (κ1) is 19.7. The van der Waals surface area contributed by atoms with Gasteiger partial charge in [0.1, 0.15) is 0 Å². The first-order valence-electron chi connectivity index (χ1n) is 10.6. The van der Waals surface area contributed by atoms with E-state index in [1.54, 1.807) is 0 Å². The fourth-order valence-electron chi connectivity index (χ4n) is 4.78. The standard InChI is InChI=1S/C25H33NO/c1-4-6-18-25(22-13-9-7-10-14-22,23-15-11-8-12-16-23)24(27)26-19-17-21(5-2)20(26)3/h7-16,20-21H,4-6,17-19H2,1-3H3. The molecule has 1 amide bonds. The minimum absolute atomic E-state index is 0.289. The Morgan fingerprint density at radius 3 is 2.00 bits per heavy atom. The molecule has 1 aliphatic rings. The van der Waals surface area contributed by atoms with Gasteiger partial charge in [-0.05, 0) is 36.8 Å². The average molecular weight is 364 g/mol. The molecule has 2 unspecified atom stereocenters. The summed E-state index contributed by atoms with van der Waals surface area (Å²) in [5.74, 6) is 0.904. The second kappa shape index (κ2) is 8.73. The normalized spacial score (nSPS) is 20.0. The van der Waals surface area contributed by atoms with Gasteiger partial charge in [-0.1, -0.05) is 93.8 Å². The van der Waals surface area contributed by atoms with E-state index in [0.717, 1.165) is 49.8 Å². The van der Waals surface area contributed by atoms with Crippen LogP contribution < -0.4 is 0 Å². The van der Waals surface area contributed by atoms with Crippen molar-refractivity contribution in [2.24, 2.45) is 5.92 Å². The summed E-state index contributed by atoms with van der Waals surface area (Å²) >= 11 is 0. The molecule has 1 fully saturated rings. The zero-order valence-corrected chi connectivity index (χ0v) is 17.0. The lowest BCUT2D eigenvalue weighted by Crippen LogP contribution is -2.49. The third-order valence-corrected chi connectivity index (χ3v) is 6.50. The summed E-state index contributed by atoms with van der Waals surface area (Å²) < 4.78 is 0. The summed E-state index contributed by atoms with van der Waals surface area (Å²) in [6.07, 6.45) is 5.24. The summed E-state index contributed by atoms with van der Waals surface area (Å²) in [5.41, 5.74) is 1.67. The summed E-state index contributed by atoms with van der Waals surface area (Å²) in [7, 11) is 0. The van der Waals surface area contributed by atoms with Crippen LogP contribution in [0.15, 0.2) is 60.7 Å². The Hall–Kier alpha value is -2.09. The molecular weight excluding hydrogens is 330 g/mol. The molecule has 2 heteroatoms. The van der Waals surface area contributed by atoms with Gasteiger partial charge in [-0.25, -0.2) is 0 Å². The third-order valence-electron chi connectivity index (χ3n) is 6.50. The van der Waals surface area contributed by atoms with Crippen molar-refractivity contribution in [3.05, 3.63) is 71.8 Å². The van der Waals surface area contributed by atoms with Gasteiger partial charge < -0.3 is 4.90 Å². The molecule has 0 bridgehead atoms. The average Bonchev–Trinajstić information content (AvgIpc) is 3.10. The highest BCUT2D eigenvalue weighted by Crippen LogP contribution is 2.41. The molecule has 0 spiro atoms. The lowest BCUT2D eigenvalue weighted by molar-refractivity contribution is -0.137. The van der Waals surface area contributed by atoms with Crippen molar-refractivity contribution in [2.45, 2.75) is 64.3 Å². The maximum absolute atomic E-state index is 14.2. The zero-order valence-electron chi connectivity index (χ0n) is 17.0. The highest BCUT2D eigenvalue weighted by molar-refractivity contribution is 5.92. The van der Waals surface area contributed by atoms with E-state index in [0.29, 0.717) is 12.0 Å². The number of nitrogens with zero attached hydrogens (tertiary/aromatic N) is 1. The number of carbonyl (C=O) groups excluding carboxylic acids is 1. The summed E-state index contributed by atoms with van der Waals surface area (Å²) in [6.45, 7) is 7.57. The second-order valence-corrected chi connectivity index (χ2v) is 7.94. The van der Waals surface area contributed by atoms with Crippen LogP contribution in [0.2, 0.25) is 0 Å². The number of amides is 1. The molecule has 144 valence electrons. The zero-order chi connectivity index (χ0) is 19.3. The van der Waals surface area contributed by atoms with Crippen LogP contribution in [0.25, 0.3) is 0 Å². The van der Waals surface area contributed by atoms with Crippen molar-refractivity contribution < 1.29 is 4.79 Å². The van der Waals surface area contributed by atoms with Gasteiger partial charge in [0, 0.05) is 12.6 Å². The van der Waals surface area contributed by atoms with Crippen LogP contribution in [0.1, 0.15) is 64.0 Å². The molecule has 1 heterocycles. The molecule has 2 atom stereocenters. The molecule has 3 rings (SSSR count).